The first-order chi connectivity index (χ1) is 23.6. The van der Waals surface area contributed by atoms with Crippen LogP contribution in [0.25, 0.3) is 0 Å². The lowest BCUT2D eigenvalue weighted by Crippen LogP contribution is -2.46. The number of hydrogen-bond donors (Lipinski definition) is 2. The van der Waals surface area contributed by atoms with Crippen LogP contribution in [0.1, 0.15) is 60.9 Å². The number of fused-ring (bicyclic) bond motifs is 2. The van der Waals surface area contributed by atoms with Crippen LogP contribution in [0, 0.1) is 5.92 Å². The van der Waals surface area contributed by atoms with Gasteiger partial charge in [0.15, 0.2) is 13.9 Å². The summed E-state index contributed by atoms with van der Waals surface area (Å²) >= 11 is 0. The van der Waals surface area contributed by atoms with Gasteiger partial charge in [-0.2, -0.15) is 0 Å². The van der Waals surface area contributed by atoms with Crippen molar-refractivity contribution in [3.05, 3.63) is 107 Å². The maximum Gasteiger partial charge on any atom is 0.264 e. The molecule has 3 aliphatic rings. The number of hydrogen-bond acceptors (Lipinski definition) is 7. The number of aliphatic hydroxyl groups excluding tert-OH is 1. The van der Waals surface area contributed by atoms with Gasteiger partial charge in [-0.25, -0.2) is 0 Å². The maximum absolute atomic E-state index is 14.8. The van der Waals surface area contributed by atoms with Gasteiger partial charge in [-0.05, 0) is 61.7 Å². The Balaban J connectivity index is 1.15. The lowest BCUT2D eigenvalue weighted by atomic mass is 9.82. The fourth-order valence-corrected chi connectivity index (χ4v) is 11.0. The zero-order valence-electron chi connectivity index (χ0n) is 28.4. The first kappa shape index (κ1) is 33.3. The lowest BCUT2D eigenvalue weighted by Gasteiger charge is -2.32. The fraction of sp³-hybridized carbons (Fsp3) is 0.421. The third-order valence-electron chi connectivity index (χ3n) is 10.7. The molecule has 2 saturated heterocycles. The SMILES string of the molecule is C[C@H]1[C@H]([Si](C)(C)O)[C@@H](CCn2cc(C(CO)c3ccccc3)nn2)O[C@]12C(=O)N(Cc1cccc(N3CCCCC3=O)c1)c1ccccc12. The molecule has 0 radical (unpaired) electrons. The topological polar surface area (TPSA) is 121 Å². The normalized spacial score (nSPS) is 24.6. The third-order valence-corrected chi connectivity index (χ3v) is 13.2. The van der Waals surface area contributed by atoms with Crippen molar-refractivity contribution in [2.75, 3.05) is 23.0 Å². The van der Waals surface area contributed by atoms with Gasteiger partial charge in [-0.15, -0.1) is 5.10 Å². The molecular formula is C38H45N5O5Si. The molecule has 5 atom stereocenters. The molecule has 49 heavy (non-hydrogen) atoms. The number of ether oxygens (including phenoxy) is 1. The van der Waals surface area contributed by atoms with Crippen molar-refractivity contribution in [2.45, 2.75) is 82.0 Å². The Morgan fingerprint density at radius 1 is 1.02 bits per heavy atom. The summed E-state index contributed by atoms with van der Waals surface area (Å²) in [6, 6.07) is 25.5. The summed E-state index contributed by atoms with van der Waals surface area (Å²) in [6.45, 7) is 7.36. The number of rotatable bonds is 10. The molecule has 3 aliphatic heterocycles. The van der Waals surface area contributed by atoms with E-state index in [0.29, 0.717) is 38.2 Å². The molecule has 4 aromatic rings. The van der Waals surface area contributed by atoms with Gasteiger partial charge in [0.2, 0.25) is 5.91 Å². The minimum atomic E-state index is -2.84. The van der Waals surface area contributed by atoms with Crippen LogP contribution in [0.5, 0.6) is 0 Å². The zero-order chi connectivity index (χ0) is 34.3. The lowest BCUT2D eigenvalue weighted by molar-refractivity contribution is -0.146. The largest absolute Gasteiger partial charge is 0.432 e. The number of aromatic nitrogens is 3. The Labute approximate surface area is 288 Å². The fourth-order valence-electron chi connectivity index (χ4n) is 8.44. The Hall–Kier alpha value is -4.16. The van der Waals surface area contributed by atoms with Crippen molar-refractivity contribution in [2.24, 2.45) is 5.92 Å². The van der Waals surface area contributed by atoms with Crippen molar-refractivity contribution in [1.82, 2.24) is 15.0 Å². The average Bonchev–Trinajstić information content (AvgIpc) is 3.75. The highest BCUT2D eigenvalue weighted by atomic mass is 28.4. The summed E-state index contributed by atoms with van der Waals surface area (Å²) in [6.07, 6.45) is 4.47. The summed E-state index contributed by atoms with van der Waals surface area (Å²) in [5, 5.41) is 18.9. The van der Waals surface area contributed by atoms with Crippen LogP contribution in [0.2, 0.25) is 18.6 Å². The van der Waals surface area contributed by atoms with E-state index in [2.05, 4.69) is 17.2 Å². The molecule has 4 heterocycles. The Morgan fingerprint density at radius 3 is 2.55 bits per heavy atom. The van der Waals surface area contributed by atoms with Gasteiger partial charge in [-0.1, -0.05) is 72.8 Å². The van der Waals surface area contributed by atoms with Crippen molar-refractivity contribution < 1.29 is 24.2 Å². The van der Waals surface area contributed by atoms with Crippen molar-refractivity contribution >= 4 is 31.5 Å². The molecule has 0 aliphatic carbocycles. The maximum atomic E-state index is 14.8. The Kier molecular flexibility index (Phi) is 9.03. The van der Waals surface area contributed by atoms with E-state index < -0.39 is 13.9 Å². The number of aliphatic hydroxyl groups is 1. The zero-order valence-corrected chi connectivity index (χ0v) is 29.4. The summed E-state index contributed by atoms with van der Waals surface area (Å²) in [4.78, 5) is 42.8. The van der Waals surface area contributed by atoms with Crippen molar-refractivity contribution in [3.63, 3.8) is 0 Å². The van der Waals surface area contributed by atoms with E-state index in [9.17, 15) is 19.5 Å². The highest BCUT2D eigenvalue weighted by Crippen LogP contribution is 2.59. The molecule has 1 spiro atoms. The minimum Gasteiger partial charge on any atom is -0.432 e. The van der Waals surface area contributed by atoms with Crippen LogP contribution >= 0.6 is 0 Å². The number of nitrogens with zero attached hydrogens (tertiary/aromatic N) is 5. The molecule has 2 fully saturated rings. The third kappa shape index (κ3) is 6.03. The first-order valence-corrected chi connectivity index (χ1v) is 20.4. The molecular weight excluding hydrogens is 635 g/mol. The molecule has 1 unspecified atom stereocenters. The van der Waals surface area contributed by atoms with Crippen LogP contribution in [0.3, 0.4) is 0 Å². The van der Waals surface area contributed by atoms with Gasteiger partial charge in [0.25, 0.3) is 5.91 Å². The van der Waals surface area contributed by atoms with Gasteiger partial charge >= 0.3 is 0 Å². The monoisotopic (exact) mass is 679 g/mol. The number of carbonyl (C=O) groups is 2. The van der Waals surface area contributed by atoms with Crippen molar-refractivity contribution in [1.29, 1.82) is 0 Å². The van der Waals surface area contributed by atoms with Gasteiger partial charge in [0.05, 0.1) is 36.6 Å². The molecule has 256 valence electrons. The molecule has 2 amide bonds. The van der Waals surface area contributed by atoms with E-state index in [1.54, 1.807) is 4.68 Å². The summed E-state index contributed by atoms with van der Waals surface area (Å²) in [5.41, 5.74) is 3.65. The molecule has 2 N–H and O–H groups in total. The highest BCUT2D eigenvalue weighted by molar-refractivity contribution is 6.71. The second-order valence-corrected chi connectivity index (χ2v) is 18.3. The minimum absolute atomic E-state index is 0.0838. The van der Waals surface area contributed by atoms with E-state index in [1.165, 1.54) is 0 Å². The second-order valence-electron chi connectivity index (χ2n) is 14.3. The molecule has 7 rings (SSSR count). The van der Waals surface area contributed by atoms with E-state index in [-0.39, 0.29) is 41.9 Å². The van der Waals surface area contributed by atoms with Crippen LogP contribution in [0.4, 0.5) is 11.4 Å². The van der Waals surface area contributed by atoms with E-state index in [1.807, 2.05) is 108 Å². The van der Waals surface area contributed by atoms with Crippen molar-refractivity contribution in [3.8, 4) is 0 Å². The number of carbonyl (C=O) groups excluding carboxylic acids is 2. The van der Waals surface area contributed by atoms with E-state index in [4.69, 9.17) is 4.74 Å². The number of amides is 2. The second kappa shape index (κ2) is 13.3. The average molecular weight is 680 g/mol. The number of benzene rings is 3. The standard InChI is InChI=1S/C38H45N5O5Si/c1-26-36(49(2,3)47)34(19-21-41-24-32(39-40-41)30(25-44)28-13-5-4-6-14-28)48-38(26)31-16-7-8-17-33(31)43(37(38)46)23-27-12-11-15-29(22-27)42-20-10-9-18-35(42)45/h4-8,11-17,22,24,26,30,34,36,44,47H,9-10,18-21,23,25H2,1-3H3/t26-,30?,34+,36-,38+/m0/s1. The Morgan fingerprint density at radius 2 is 1.80 bits per heavy atom. The van der Waals surface area contributed by atoms with Crippen LogP contribution < -0.4 is 9.80 Å². The summed E-state index contributed by atoms with van der Waals surface area (Å²) in [7, 11) is -2.84. The summed E-state index contributed by atoms with van der Waals surface area (Å²) < 4.78 is 8.76. The highest BCUT2D eigenvalue weighted by Gasteiger charge is 2.66. The number of para-hydroxylation sites is 1. The first-order valence-electron chi connectivity index (χ1n) is 17.4. The molecule has 11 heteroatoms. The predicted octanol–water partition coefficient (Wildman–Crippen LogP) is 5.35. The molecule has 3 aromatic carbocycles. The van der Waals surface area contributed by atoms with Crippen LogP contribution in [0.15, 0.2) is 85.1 Å². The predicted molar refractivity (Wildman–Crippen MR) is 189 cm³/mol. The van der Waals surface area contributed by atoms with Gasteiger partial charge in [-0.3, -0.25) is 14.3 Å². The molecule has 0 saturated carbocycles. The molecule has 0 bridgehead atoms. The quantitative estimate of drug-likeness (QED) is 0.217. The number of piperidine rings is 1. The number of aryl methyl sites for hydroxylation is 1. The van der Waals surface area contributed by atoms with E-state index >= 15 is 0 Å². The van der Waals surface area contributed by atoms with E-state index in [0.717, 1.165) is 40.9 Å². The van der Waals surface area contributed by atoms with Crippen LogP contribution in [-0.2, 0) is 33.0 Å². The van der Waals surface area contributed by atoms with Gasteiger partial charge in [0, 0.05) is 48.4 Å². The Bertz CT molecular complexity index is 1830. The number of anilines is 2. The van der Waals surface area contributed by atoms with Gasteiger partial charge in [0.1, 0.15) is 0 Å². The smallest absolute Gasteiger partial charge is 0.264 e. The summed E-state index contributed by atoms with van der Waals surface area (Å²) in [5.74, 6) is -0.541. The molecule has 1 aromatic heterocycles. The molecule has 10 nitrogen and oxygen atoms in total. The van der Waals surface area contributed by atoms with Gasteiger partial charge < -0.3 is 24.4 Å². The van der Waals surface area contributed by atoms with Crippen LogP contribution in [-0.4, -0.2) is 64.3 Å².